The van der Waals surface area contributed by atoms with Gasteiger partial charge in [0.1, 0.15) is 0 Å². The number of nitro benzene ring substituents is 1. The number of hydrogen-bond donors (Lipinski definition) is 0. The number of nitro groups is 1. The van der Waals surface area contributed by atoms with Crippen molar-refractivity contribution in [1.82, 2.24) is 9.80 Å². The first-order valence-corrected chi connectivity index (χ1v) is 7.97. The summed E-state index contributed by atoms with van der Waals surface area (Å²) >= 11 is 0. The number of likely N-dealkylation sites (N-methyl/N-ethyl adjacent to an activating group) is 1. The predicted molar refractivity (Wildman–Crippen MR) is 90.2 cm³/mol. The van der Waals surface area contributed by atoms with E-state index in [0.717, 1.165) is 0 Å². The minimum atomic E-state index is -0.568. The summed E-state index contributed by atoms with van der Waals surface area (Å²) in [6.07, 6.45) is 0. The molecule has 0 unspecified atom stereocenters. The predicted octanol–water partition coefficient (Wildman–Crippen LogP) is 0.299. The summed E-state index contributed by atoms with van der Waals surface area (Å²) in [4.78, 5) is 37.5. The maximum Gasteiger partial charge on any atom is 0.273 e. The molecule has 0 saturated carbocycles. The normalized spacial score (nSPS) is 13.8. The van der Waals surface area contributed by atoms with Crippen LogP contribution < -0.4 is 9.47 Å². The zero-order valence-corrected chi connectivity index (χ0v) is 14.7. The van der Waals surface area contributed by atoms with E-state index in [-0.39, 0.29) is 36.2 Å². The molecule has 2 rings (SSSR count). The van der Waals surface area contributed by atoms with E-state index in [1.165, 1.54) is 37.3 Å². The maximum absolute atomic E-state index is 12.2. The van der Waals surface area contributed by atoms with E-state index in [9.17, 15) is 19.7 Å². The van der Waals surface area contributed by atoms with Gasteiger partial charge in [0.2, 0.25) is 5.91 Å². The van der Waals surface area contributed by atoms with E-state index in [0.29, 0.717) is 26.3 Å². The molecule has 1 aromatic carbocycles. The Bertz CT molecular complexity index is 674. The quantitative estimate of drug-likeness (QED) is 0.503. The van der Waals surface area contributed by atoms with Gasteiger partial charge in [0.15, 0.2) is 18.1 Å². The van der Waals surface area contributed by atoms with Crippen molar-refractivity contribution in [3.8, 4) is 11.5 Å². The molecular formula is C16H21N3O7. The number of amides is 2. The molecule has 1 fully saturated rings. The van der Waals surface area contributed by atoms with Gasteiger partial charge < -0.3 is 24.0 Å². The number of methoxy groups -OCH3 is 1. The van der Waals surface area contributed by atoms with Crippen LogP contribution >= 0.6 is 0 Å². The molecule has 1 heterocycles. The average Bonchev–Trinajstić information content (AvgIpc) is 2.66. The van der Waals surface area contributed by atoms with Crippen molar-refractivity contribution in [3.05, 3.63) is 28.3 Å². The van der Waals surface area contributed by atoms with E-state index in [2.05, 4.69) is 0 Å². The molecule has 10 heteroatoms. The van der Waals surface area contributed by atoms with E-state index < -0.39 is 10.8 Å². The number of hydrogen-bond acceptors (Lipinski definition) is 7. The first-order chi connectivity index (χ1) is 12.4. The van der Waals surface area contributed by atoms with Crippen LogP contribution in [0.4, 0.5) is 5.69 Å². The number of nitrogens with zero attached hydrogens (tertiary/aromatic N) is 3. The van der Waals surface area contributed by atoms with Gasteiger partial charge in [0.05, 0.1) is 37.9 Å². The monoisotopic (exact) mass is 367 g/mol. The topological polar surface area (TPSA) is 111 Å². The lowest BCUT2D eigenvalue weighted by molar-refractivity contribution is -0.385. The second-order valence-corrected chi connectivity index (χ2v) is 5.62. The lowest BCUT2D eigenvalue weighted by atomic mass is 10.3. The molecule has 0 aliphatic carbocycles. The van der Waals surface area contributed by atoms with Gasteiger partial charge in [0.25, 0.3) is 11.6 Å². The largest absolute Gasteiger partial charge is 0.493 e. The number of rotatable bonds is 7. The van der Waals surface area contributed by atoms with Crippen LogP contribution in [0.3, 0.4) is 0 Å². The summed E-state index contributed by atoms with van der Waals surface area (Å²) in [5, 5.41) is 10.9. The molecule has 1 saturated heterocycles. The minimum absolute atomic E-state index is 0.0751. The molecule has 0 N–H and O–H groups in total. The zero-order valence-electron chi connectivity index (χ0n) is 14.7. The van der Waals surface area contributed by atoms with Crippen LogP contribution in [-0.2, 0) is 14.3 Å². The van der Waals surface area contributed by atoms with Crippen molar-refractivity contribution in [2.45, 2.75) is 0 Å². The molecule has 0 spiro atoms. The Kier molecular flexibility index (Phi) is 6.73. The number of carbonyl (C=O) groups is 2. The smallest absolute Gasteiger partial charge is 0.273 e. The van der Waals surface area contributed by atoms with E-state index in [1.54, 1.807) is 4.90 Å². The molecular weight excluding hydrogens is 346 g/mol. The fraction of sp³-hybridized carbons (Fsp3) is 0.500. The van der Waals surface area contributed by atoms with Crippen molar-refractivity contribution in [2.75, 3.05) is 53.6 Å². The van der Waals surface area contributed by atoms with Crippen molar-refractivity contribution in [2.24, 2.45) is 0 Å². The third kappa shape index (κ3) is 5.06. The van der Waals surface area contributed by atoms with Gasteiger partial charge in [-0.3, -0.25) is 19.7 Å². The molecule has 0 aromatic heterocycles. The molecule has 0 atom stereocenters. The minimum Gasteiger partial charge on any atom is -0.493 e. The SMILES string of the molecule is COc1ccc([N+](=O)[O-])cc1OCC(=O)N(C)CC(=O)N1CCOCC1. The first kappa shape index (κ1) is 19.4. The highest BCUT2D eigenvalue weighted by molar-refractivity contribution is 5.85. The molecule has 26 heavy (non-hydrogen) atoms. The second-order valence-electron chi connectivity index (χ2n) is 5.62. The second kappa shape index (κ2) is 8.99. The molecule has 0 radical (unpaired) electrons. The Hall–Kier alpha value is -2.88. The molecule has 1 aliphatic heterocycles. The van der Waals surface area contributed by atoms with Gasteiger partial charge in [0, 0.05) is 26.2 Å². The fourth-order valence-electron chi connectivity index (χ4n) is 2.35. The summed E-state index contributed by atoms with van der Waals surface area (Å²) in [6, 6.07) is 3.86. The Morgan fingerprint density at radius 1 is 1.31 bits per heavy atom. The number of morpholine rings is 1. The van der Waals surface area contributed by atoms with Gasteiger partial charge in [-0.25, -0.2) is 0 Å². The van der Waals surface area contributed by atoms with Crippen LogP contribution in [0.25, 0.3) is 0 Å². The van der Waals surface area contributed by atoms with Crippen molar-refractivity contribution >= 4 is 17.5 Å². The number of ether oxygens (including phenoxy) is 3. The van der Waals surface area contributed by atoms with Crippen LogP contribution in [0.15, 0.2) is 18.2 Å². The Balaban J connectivity index is 1.91. The van der Waals surface area contributed by atoms with E-state index >= 15 is 0 Å². The van der Waals surface area contributed by atoms with Gasteiger partial charge >= 0.3 is 0 Å². The zero-order chi connectivity index (χ0) is 19.1. The number of non-ortho nitro benzene ring substituents is 1. The molecule has 2 amide bonds. The highest BCUT2D eigenvalue weighted by Gasteiger charge is 2.21. The van der Waals surface area contributed by atoms with Crippen molar-refractivity contribution < 1.29 is 28.7 Å². The van der Waals surface area contributed by atoms with Crippen LogP contribution in [0.1, 0.15) is 0 Å². The third-order valence-electron chi connectivity index (χ3n) is 3.87. The summed E-state index contributed by atoms with van der Waals surface area (Å²) < 4.78 is 15.6. The van der Waals surface area contributed by atoms with Crippen molar-refractivity contribution in [3.63, 3.8) is 0 Å². The number of carbonyl (C=O) groups excluding carboxylic acids is 2. The van der Waals surface area contributed by atoms with E-state index in [4.69, 9.17) is 14.2 Å². The van der Waals surface area contributed by atoms with Crippen LogP contribution in [0.5, 0.6) is 11.5 Å². The maximum atomic E-state index is 12.2. The lowest BCUT2D eigenvalue weighted by Crippen LogP contribution is -2.46. The van der Waals surface area contributed by atoms with E-state index in [1.807, 2.05) is 0 Å². The lowest BCUT2D eigenvalue weighted by Gasteiger charge is -2.28. The first-order valence-electron chi connectivity index (χ1n) is 7.97. The Morgan fingerprint density at radius 3 is 2.62 bits per heavy atom. The molecule has 10 nitrogen and oxygen atoms in total. The highest BCUT2D eigenvalue weighted by Crippen LogP contribution is 2.31. The van der Waals surface area contributed by atoms with Crippen LogP contribution in [0, 0.1) is 10.1 Å². The van der Waals surface area contributed by atoms with Gasteiger partial charge in [-0.05, 0) is 6.07 Å². The molecule has 142 valence electrons. The highest BCUT2D eigenvalue weighted by atomic mass is 16.6. The molecule has 0 bridgehead atoms. The summed E-state index contributed by atoms with van der Waals surface area (Å²) in [7, 11) is 2.89. The van der Waals surface area contributed by atoms with Crippen LogP contribution in [0.2, 0.25) is 0 Å². The molecule has 1 aromatic rings. The van der Waals surface area contributed by atoms with Gasteiger partial charge in [-0.2, -0.15) is 0 Å². The number of benzene rings is 1. The third-order valence-corrected chi connectivity index (χ3v) is 3.87. The average molecular weight is 367 g/mol. The summed E-state index contributed by atoms with van der Waals surface area (Å²) in [5.74, 6) is -0.240. The van der Waals surface area contributed by atoms with Crippen molar-refractivity contribution in [1.29, 1.82) is 0 Å². The molecule has 1 aliphatic rings. The van der Waals surface area contributed by atoms with Gasteiger partial charge in [-0.15, -0.1) is 0 Å². The Labute approximate surface area is 150 Å². The van der Waals surface area contributed by atoms with Crippen LogP contribution in [-0.4, -0.2) is 80.1 Å². The summed E-state index contributed by atoms with van der Waals surface area (Å²) in [5.41, 5.74) is -0.177. The summed E-state index contributed by atoms with van der Waals surface area (Å²) in [6.45, 7) is 1.53. The fourth-order valence-corrected chi connectivity index (χ4v) is 2.35. The Morgan fingerprint density at radius 2 is 2.00 bits per heavy atom. The standard InChI is InChI=1S/C16H21N3O7/c1-17(10-15(20)18-5-7-25-8-6-18)16(21)11-26-14-9-12(19(22)23)3-4-13(14)24-2/h3-4,9H,5-8,10-11H2,1-2H3. The van der Waals surface area contributed by atoms with Gasteiger partial charge in [-0.1, -0.05) is 0 Å².